The monoisotopic (exact) mass is 287 g/mol. The number of hydrogen-bond acceptors (Lipinski definition) is 3. The van der Waals surface area contributed by atoms with Crippen LogP contribution in [0.15, 0.2) is 12.2 Å². The van der Waals surface area contributed by atoms with E-state index in [-0.39, 0.29) is 29.4 Å². The SMILES string of the molecule is CCN(C(=O)[C@H]1CC=CCC1)[C@H](C)CS(=O)(=O)CC. The minimum absolute atomic E-state index is 0.0248. The van der Waals surface area contributed by atoms with E-state index in [1.165, 1.54) is 0 Å². The molecule has 1 aliphatic carbocycles. The van der Waals surface area contributed by atoms with Gasteiger partial charge in [-0.2, -0.15) is 0 Å². The van der Waals surface area contributed by atoms with Crippen molar-refractivity contribution < 1.29 is 13.2 Å². The van der Waals surface area contributed by atoms with E-state index in [1.54, 1.807) is 11.8 Å². The lowest BCUT2D eigenvalue weighted by molar-refractivity contribution is -0.137. The van der Waals surface area contributed by atoms with E-state index in [1.807, 2.05) is 19.9 Å². The molecule has 19 heavy (non-hydrogen) atoms. The zero-order valence-corrected chi connectivity index (χ0v) is 12.9. The summed E-state index contributed by atoms with van der Waals surface area (Å²) in [6, 6.07) is -0.242. The van der Waals surface area contributed by atoms with Crippen molar-refractivity contribution in [3.8, 4) is 0 Å². The summed E-state index contributed by atoms with van der Waals surface area (Å²) < 4.78 is 23.4. The summed E-state index contributed by atoms with van der Waals surface area (Å²) in [5, 5.41) is 0. The Labute approximate surface area is 116 Å². The van der Waals surface area contributed by atoms with Gasteiger partial charge in [0, 0.05) is 24.3 Å². The highest BCUT2D eigenvalue weighted by molar-refractivity contribution is 7.91. The average Bonchev–Trinajstić information content (AvgIpc) is 2.40. The highest BCUT2D eigenvalue weighted by atomic mass is 32.2. The van der Waals surface area contributed by atoms with Gasteiger partial charge in [0.25, 0.3) is 0 Å². The summed E-state index contributed by atoms with van der Waals surface area (Å²) in [4.78, 5) is 14.2. The molecular formula is C14H25NO3S. The Hall–Kier alpha value is -0.840. The molecular weight excluding hydrogens is 262 g/mol. The molecule has 4 nitrogen and oxygen atoms in total. The van der Waals surface area contributed by atoms with Crippen LogP contribution in [0.25, 0.3) is 0 Å². The second-order valence-electron chi connectivity index (χ2n) is 5.15. The summed E-state index contributed by atoms with van der Waals surface area (Å²) in [5.74, 6) is 0.323. The van der Waals surface area contributed by atoms with Crippen LogP contribution in [-0.4, -0.2) is 43.3 Å². The van der Waals surface area contributed by atoms with Crippen LogP contribution in [0.5, 0.6) is 0 Å². The molecule has 0 spiro atoms. The van der Waals surface area contributed by atoms with Crippen molar-refractivity contribution in [3.63, 3.8) is 0 Å². The van der Waals surface area contributed by atoms with Gasteiger partial charge in [-0.1, -0.05) is 19.1 Å². The van der Waals surface area contributed by atoms with E-state index >= 15 is 0 Å². The molecule has 2 atom stereocenters. The van der Waals surface area contributed by atoms with Gasteiger partial charge in [0.05, 0.1) is 5.75 Å². The van der Waals surface area contributed by atoms with Crippen molar-refractivity contribution >= 4 is 15.7 Å². The summed E-state index contributed by atoms with van der Waals surface area (Å²) in [7, 11) is -3.05. The number of carbonyl (C=O) groups excluding carboxylic acids is 1. The van der Waals surface area contributed by atoms with Gasteiger partial charge >= 0.3 is 0 Å². The molecule has 0 radical (unpaired) electrons. The third-order valence-electron chi connectivity index (χ3n) is 3.71. The molecule has 0 fully saturated rings. The highest BCUT2D eigenvalue weighted by Gasteiger charge is 2.28. The third kappa shape index (κ3) is 4.64. The smallest absolute Gasteiger partial charge is 0.226 e. The molecule has 0 aliphatic heterocycles. The van der Waals surface area contributed by atoms with Crippen molar-refractivity contribution in [3.05, 3.63) is 12.2 Å². The predicted molar refractivity (Wildman–Crippen MR) is 77.7 cm³/mol. The first-order valence-corrected chi connectivity index (χ1v) is 8.89. The largest absolute Gasteiger partial charge is 0.339 e. The Balaban J connectivity index is 2.70. The number of amides is 1. The van der Waals surface area contributed by atoms with Crippen molar-refractivity contribution in [2.24, 2.45) is 5.92 Å². The van der Waals surface area contributed by atoms with Crippen LogP contribution in [0.4, 0.5) is 0 Å². The molecule has 1 aliphatic rings. The number of sulfone groups is 1. The summed E-state index contributed by atoms with van der Waals surface area (Å²) in [5.41, 5.74) is 0. The van der Waals surface area contributed by atoms with Crippen LogP contribution < -0.4 is 0 Å². The molecule has 0 bridgehead atoms. The number of hydrogen-bond donors (Lipinski definition) is 0. The lowest BCUT2D eigenvalue weighted by Crippen LogP contribution is -2.45. The second-order valence-corrected chi connectivity index (χ2v) is 7.55. The number of carbonyl (C=O) groups is 1. The maximum atomic E-state index is 12.4. The van der Waals surface area contributed by atoms with E-state index in [4.69, 9.17) is 0 Å². The highest BCUT2D eigenvalue weighted by Crippen LogP contribution is 2.21. The summed E-state index contributed by atoms with van der Waals surface area (Å²) >= 11 is 0. The molecule has 0 saturated carbocycles. The lowest BCUT2D eigenvalue weighted by atomic mass is 9.93. The Morgan fingerprint density at radius 3 is 2.53 bits per heavy atom. The zero-order valence-electron chi connectivity index (χ0n) is 12.1. The van der Waals surface area contributed by atoms with Crippen LogP contribution in [0.2, 0.25) is 0 Å². The van der Waals surface area contributed by atoms with E-state index in [2.05, 4.69) is 6.08 Å². The van der Waals surface area contributed by atoms with Crippen LogP contribution in [0.1, 0.15) is 40.0 Å². The van der Waals surface area contributed by atoms with Gasteiger partial charge in [0.2, 0.25) is 5.91 Å². The molecule has 0 heterocycles. The summed E-state index contributed by atoms with van der Waals surface area (Å²) in [6.45, 7) is 5.95. The van der Waals surface area contributed by atoms with E-state index in [9.17, 15) is 13.2 Å². The van der Waals surface area contributed by atoms with E-state index < -0.39 is 9.84 Å². The molecule has 0 aromatic rings. The average molecular weight is 287 g/mol. The minimum atomic E-state index is -3.05. The fourth-order valence-corrected chi connectivity index (χ4v) is 3.66. The number of allylic oxidation sites excluding steroid dienone is 2. The molecule has 1 rings (SSSR count). The van der Waals surface area contributed by atoms with Gasteiger partial charge in [-0.15, -0.1) is 0 Å². The molecule has 0 aromatic heterocycles. The van der Waals surface area contributed by atoms with Gasteiger partial charge < -0.3 is 4.90 Å². The molecule has 0 aromatic carbocycles. The molecule has 110 valence electrons. The van der Waals surface area contributed by atoms with E-state index in [0.717, 1.165) is 19.3 Å². The molecule has 1 amide bonds. The Bertz CT molecular complexity index is 428. The fourth-order valence-electron chi connectivity index (χ4n) is 2.51. The fraction of sp³-hybridized carbons (Fsp3) is 0.786. The maximum absolute atomic E-state index is 12.4. The quantitative estimate of drug-likeness (QED) is 0.702. The minimum Gasteiger partial charge on any atom is -0.339 e. The molecule has 5 heteroatoms. The van der Waals surface area contributed by atoms with Crippen molar-refractivity contribution in [2.75, 3.05) is 18.1 Å². The first-order chi connectivity index (χ1) is 8.91. The summed E-state index contributed by atoms with van der Waals surface area (Å²) in [6.07, 6.45) is 6.75. The normalized spacial score (nSPS) is 21.1. The Morgan fingerprint density at radius 2 is 2.05 bits per heavy atom. The Kier molecular flexibility index (Phi) is 6.04. The number of nitrogens with zero attached hydrogens (tertiary/aromatic N) is 1. The van der Waals surface area contributed by atoms with Crippen molar-refractivity contribution in [1.82, 2.24) is 4.90 Å². The van der Waals surface area contributed by atoms with Gasteiger partial charge in [0.15, 0.2) is 9.84 Å². The first-order valence-electron chi connectivity index (χ1n) is 7.07. The third-order valence-corrected chi connectivity index (χ3v) is 5.58. The van der Waals surface area contributed by atoms with Gasteiger partial charge in [-0.25, -0.2) is 8.42 Å². The van der Waals surface area contributed by atoms with Crippen molar-refractivity contribution in [2.45, 2.75) is 46.1 Å². The Morgan fingerprint density at radius 1 is 1.37 bits per heavy atom. The number of rotatable bonds is 6. The first kappa shape index (κ1) is 16.2. The molecule has 0 unspecified atom stereocenters. The van der Waals surface area contributed by atoms with Crippen molar-refractivity contribution in [1.29, 1.82) is 0 Å². The lowest BCUT2D eigenvalue weighted by Gasteiger charge is -2.32. The van der Waals surface area contributed by atoms with Crippen LogP contribution in [0.3, 0.4) is 0 Å². The molecule has 0 N–H and O–H groups in total. The maximum Gasteiger partial charge on any atom is 0.226 e. The second kappa shape index (κ2) is 7.08. The van der Waals surface area contributed by atoms with Gasteiger partial charge in [0.1, 0.15) is 0 Å². The topological polar surface area (TPSA) is 54.5 Å². The zero-order chi connectivity index (χ0) is 14.5. The molecule has 0 saturated heterocycles. The standard InChI is InChI=1S/C14H25NO3S/c1-4-15(12(3)11-19(17,18)5-2)14(16)13-9-7-6-8-10-13/h6-7,12-13H,4-5,8-11H2,1-3H3/t12-,13+/m1/s1. The predicted octanol–water partition coefficient (Wildman–Crippen LogP) is 2.01. The van der Waals surface area contributed by atoms with Crippen LogP contribution in [0, 0.1) is 5.92 Å². The van der Waals surface area contributed by atoms with Gasteiger partial charge in [-0.05, 0) is 33.1 Å². The van der Waals surface area contributed by atoms with Crippen LogP contribution >= 0.6 is 0 Å². The van der Waals surface area contributed by atoms with Crippen LogP contribution in [-0.2, 0) is 14.6 Å². The van der Waals surface area contributed by atoms with E-state index in [0.29, 0.717) is 6.54 Å². The van der Waals surface area contributed by atoms with Gasteiger partial charge in [-0.3, -0.25) is 4.79 Å².